The number of aliphatic hydroxyl groups excluding tert-OH is 1. The molecule has 6 N–H and O–H groups in total. The Balaban J connectivity index is 2.18. The lowest BCUT2D eigenvalue weighted by atomic mass is 10.2. The van der Waals surface area contributed by atoms with E-state index in [2.05, 4.69) is 10.3 Å². The fraction of sp³-hybridized carbons (Fsp3) is 0.364. The number of hydrogen-bond acceptors (Lipinski definition) is 3. The summed E-state index contributed by atoms with van der Waals surface area (Å²) in [6.45, 7) is 1.41. The van der Waals surface area contributed by atoms with Crippen LogP contribution in [0.15, 0.2) is 35.3 Å². The smallest absolute Gasteiger partial charge is 0.185 e. The Bertz CT molecular complexity index is 322. The minimum atomic E-state index is -0.564. The van der Waals surface area contributed by atoms with Gasteiger partial charge >= 0.3 is 0 Å². The summed E-state index contributed by atoms with van der Waals surface area (Å²) in [4.78, 5) is 3.73. The van der Waals surface area contributed by atoms with Gasteiger partial charge in [0, 0.05) is 13.1 Å². The number of hydrogen-bond donors (Lipinski definition) is 4. The number of nitrogens with one attached hydrogen (secondary N) is 1. The molecule has 0 aliphatic carbocycles. The Labute approximate surface area is 95.2 Å². The average molecular weight is 222 g/mol. The van der Waals surface area contributed by atoms with Crippen LogP contribution >= 0.6 is 0 Å². The second-order valence-electron chi connectivity index (χ2n) is 3.54. The summed E-state index contributed by atoms with van der Waals surface area (Å²) in [5.41, 5.74) is 11.5. The lowest BCUT2D eigenvalue weighted by Gasteiger charge is -2.09. The number of guanidine groups is 1. The number of nitrogens with zero attached hydrogens (tertiary/aromatic N) is 1. The van der Waals surface area contributed by atoms with Crippen molar-refractivity contribution < 1.29 is 5.11 Å². The van der Waals surface area contributed by atoms with Crippen LogP contribution in [0.3, 0.4) is 0 Å². The van der Waals surface area contributed by atoms with Crippen LogP contribution in [0.4, 0.5) is 0 Å². The molecule has 0 aliphatic heterocycles. The molecule has 88 valence electrons. The maximum Gasteiger partial charge on any atom is 0.185 e. The standard InChI is InChI=1S/C11H18N4O/c12-11(13)15-8-10(16)7-14-6-9-4-2-1-3-5-9/h1-5,10,14,16H,6-8H2,(H4,12,13,15). The van der Waals surface area contributed by atoms with Crippen LogP contribution in [0, 0.1) is 0 Å². The number of aliphatic hydroxyl groups is 1. The molecular formula is C11H18N4O. The molecule has 1 unspecified atom stereocenters. The van der Waals surface area contributed by atoms with E-state index in [-0.39, 0.29) is 12.5 Å². The second kappa shape index (κ2) is 6.81. The molecule has 1 aromatic rings. The molecule has 0 fully saturated rings. The Morgan fingerprint density at radius 3 is 2.62 bits per heavy atom. The molecule has 0 amide bonds. The van der Waals surface area contributed by atoms with E-state index in [4.69, 9.17) is 11.5 Å². The van der Waals surface area contributed by atoms with Crippen molar-refractivity contribution in [3.63, 3.8) is 0 Å². The summed E-state index contributed by atoms with van der Waals surface area (Å²) in [5, 5.41) is 12.6. The van der Waals surface area contributed by atoms with Crippen molar-refractivity contribution in [2.45, 2.75) is 12.6 Å². The number of benzene rings is 1. The van der Waals surface area contributed by atoms with Crippen molar-refractivity contribution in [3.8, 4) is 0 Å². The zero-order chi connectivity index (χ0) is 11.8. The minimum Gasteiger partial charge on any atom is -0.390 e. The molecule has 5 nitrogen and oxygen atoms in total. The molecule has 0 aromatic heterocycles. The summed E-state index contributed by atoms with van der Waals surface area (Å²) in [6.07, 6.45) is -0.564. The van der Waals surface area contributed by atoms with Gasteiger partial charge in [-0.15, -0.1) is 0 Å². The predicted octanol–water partition coefficient (Wildman–Crippen LogP) is -0.589. The van der Waals surface area contributed by atoms with Crippen LogP contribution in [0.5, 0.6) is 0 Å². The molecule has 0 bridgehead atoms. The van der Waals surface area contributed by atoms with Gasteiger partial charge in [0.15, 0.2) is 5.96 Å². The maximum atomic E-state index is 9.50. The molecule has 16 heavy (non-hydrogen) atoms. The van der Waals surface area contributed by atoms with E-state index in [0.717, 1.165) is 6.54 Å². The SMILES string of the molecule is NC(N)=NCC(O)CNCc1ccccc1. The Hall–Kier alpha value is -1.59. The van der Waals surface area contributed by atoms with Crippen molar-refractivity contribution in [1.29, 1.82) is 0 Å². The Morgan fingerprint density at radius 2 is 2.00 bits per heavy atom. The van der Waals surface area contributed by atoms with Crippen molar-refractivity contribution in [2.24, 2.45) is 16.5 Å². The minimum absolute atomic E-state index is 0.00195. The molecule has 0 aliphatic rings. The van der Waals surface area contributed by atoms with Gasteiger partial charge in [0.25, 0.3) is 0 Å². The van der Waals surface area contributed by atoms with Crippen LogP contribution in [-0.4, -0.2) is 30.3 Å². The van der Waals surface area contributed by atoms with Gasteiger partial charge < -0.3 is 21.9 Å². The third kappa shape index (κ3) is 5.33. The predicted molar refractivity (Wildman–Crippen MR) is 64.8 cm³/mol. The van der Waals surface area contributed by atoms with Gasteiger partial charge in [-0.25, -0.2) is 0 Å². The topological polar surface area (TPSA) is 96.7 Å². The molecule has 1 atom stereocenters. The second-order valence-corrected chi connectivity index (χ2v) is 3.54. The van der Waals surface area contributed by atoms with Gasteiger partial charge in [-0.3, -0.25) is 4.99 Å². The van der Waals surface area contributed by atoms with Gasteiger partial charge in [0.05, 0.1) is 12.6 Å². The molecular weight excluding hydrogens is 204 g/mol. The summed E-state index contributed by atoms with van der Waals surface area (Å²) >= 11 is 0. The molecule has 0 saturated carbocycles. The number of aliphatic imine (C=N–C) groups is 1. The molecule has 1 rings (SSSR count). The quantitative estimate of drug-likeness (QED) is 0.382. The fourth-order valence-corrected chi connectivity index (χ4v) is 1.25. The highest BCUT2D eigenvalue weighted by Crippen LogP contribution is 1.97. The summed E-state index contributed by atoms with van der Waals surface area (Å²) in [5.74, 6) is 0.00195. The molecule has 0 radical (unpaired) electrons. The largest absolute Gasteiger partial charge is 0.390 e. The Kier molecular flexibility index (Phi) is 5.31. The van der Waals surface area contributed by atoms with Crippen LogP contribution < -0.4 is 16.8 Å². The average Bonchev–Trinajstić information content (AvgIpc) is 2.28. The number of nitrogens with two attached hydrogens (primary N) is 2. The van der Waals surface area contributed by atoms with Gasteiger partial charge in [0.1, 0.15) is 0 Å². The zero-order valence-corrected chi connectivity index (χ0v) is 9.13. The van der Waals surface area contributed by atoms with E-state index in [1.807, 2.05) is 30.3 Å². The van der Waals surface area contributed by atoms with E-state index in [1.54, 1.807) is 0 Å². The van der Waals surface area contributed by atoms with Crippen LogP contribution in [0.25, 0.3) is 0 Å². The first kappa shape index (κ1) is 12.5. The van der Waals surface area contributed by atoms with E-state index >= 15 is 0 Å². The van der Waals surface area contributed by atoms with Crippen molar-refractivity contribution >= 4 is 5.96 Å². The van der Waals surface area contributed by atoms with Crippen LogP contribution in [-0.2, 0) is 6.54 Å². The lowest BCUT2D eigenvalue weighted by molar-refractivity contribution is 0.180. The molecule has 1 aromatic carbocycles. The van der Waals surface area contributed by atoms with Gasteiger partial charge in [0.2, 0.25) is 0 Å². The Morgan fingerprint density at radius 1 is 1.31 bits per heavy atom. The lowest BCUT2D eigenvalue weighted by Crippen LogP contribution is -2.31. The molecule has 5 heteroatoms. The molecule has 0 spiro atoms. The fourth-order valence-electron chi connectivity index (χ4n) is 1.25. The summed E-state index contributed by atoms with van der Waals surface area (Å²) < 4.78 is 0. The first-order chi connectivity index (χ1) is 7.68. The van der Waals surface area contributed by atoms with Crippen molar-refractivity contribution in [1.82, 2.24) is 5.32 Å². The van der Waals surface area contributed by atoms with Crippen LogP contribution in [0.2, 0.25) is 0 Å². The van der Waals surface area contributed by atoms with Gasteiger partial charge in [-0.1, -0.05) is 30.3 Å². The van der Waals surface area contributed by atoms with Crippen molar-refractivity contribution in [2.75, 3.05) is 13.1 Å². The summed E-state index contributed by atoms with van der Waals surface area (Å²) in [7, 11) is 0. The monoisotopic (exact) mass is 222 g/mol. The third-order valence-electron chi connectivity index (χ3n) is 2.04. The zero-order valence-electron chi connectivity index (χ0n) is 9.13. The normalized spacial score (nSPS) is 12.1. The van der Waals surface area contributed by atoms with Crippen LogP contribution in [0.1, 0.15) is 5.56 Å². The third-order valence-corrected chi connectivity index (χ3v) is 2.04. The highest BCUT2D eigenvalue weighted by atomic mass is 16.3. The van der Waals surface area contributed by atoms with E-state index in [9.17, 15) is 5.11 Å². The summed E-state index contributed by atoms with van der Waals surface area (Å²) in [6, 6.07) is 9.97. The van der Waals surface area contributed by atoms with Gasteiger partial charge in [-0.2, -0.15) is 0 Å². The van der Waals surface area contributed by atoms with Crippen molar-refractivity contribution in [3.05, 3.63) is 35.9 Å². The van der Waals surface area contributed by atoms with E-state index in [0.29, 0.717) is 6.54 Å². The highest BCUT2D eigenvalue weighted by molar-refractivity contribution is 5.75. The van der Waals surface area contributed by atoms with Gasteiger partial charge in [-0.05, 0) is 5.56 Å². The highest BCUT2D eigenvalue weighted by Gasteiger charge is 2.01. The number of rotatable bonds is 6. The first-order valence-electron chi connectivity index (χ1n) is 5.16. The first-order valence-corrected chi connectivity index (χ1v) is 5.16. The molecule has 0 heterocycles. The molecule has 0 saturated heterocycles. The maximum absolute atomic E-state index is 9.50. The van der Waals surface area contributed by atoms with E-state index in [1.165, 1.54) is 5.56 Å². The van der Waals surface area contributed by atoms with E-state index < -0.39 is 6.10 Å².